The highest BCUT2D eigenvalue weighted by atomic mass is 32.1. The average Bonchev–Trinajstić information content (AvgIpc) is 3.06. The van der Waals surface area contributed by atoms with Crippen molar-refractivity contribution in [1.82, 2.24) is 10.3 Å². The molecule has 1 fully saturated rings. The number of hydrogen-bond acceptors (Lipinski definition) is 3. The van der Waals surface area contributed by atoms with E-state index in [1.54, 1.807) is 23.5 Å². The average molecular weight is 248 g/mol. The summed E-state index contributed by atoms with van der Waals surface area (Å²) in [7, 11) is 0. The van der Waals surface area contributed by atoms with E-state index in [1.165, 1.54) is 25.0 Å². The van der Waals surface area contributed by atoms with Gasteiger partial charge in [-0.1, -0.05) is 0 Å². The van der Waals surface area contributed by atoms with E-state index in [1.807, 2.05) is 5.38 Å². The van der Waals surface area contributed by atoms with Crippen LogP contribution < -0.4 is 5.32 Å². The topological polar surface area (TPSA) is 24.9 Å². The molecule has 2 aromatic rings. The summed E-state index contributed by atoms with van der Waals surface area (Å²) in [5.74, 6) is -0.209. The van der Waals surface area contributed by atoms with E-state index in [2.05, 4.69) is 10.3 Å². The molecule has 3 rings (SSSR count). The van der Waals surface area contributed by atoms with Crippen LogP contribution in [-0.2, 0) is 6.54 Å². The van der Waals surface area contributed by atoms with Crippen LogP contribution in [0, 0.1) is 5.82 Å². The smallest absolute Gasteiger partial charge is 0.123 e. The van der Waals surface area contributed by atoms with Crippen molar-refractivity contribution in [3.05, 3.63) is 40.5 Å². The first-order chi connectivity index (χ1) is 8.31. The van der Waals surface area contributed by atoms with E-state index in [0.717, 1.165) is 22.8 Å². The molecule has 88 valence electrons. The van der Waals surface area contributed by atoms with Crippen LogP contribution in [-0.4, -0.2) is 11.0 Å². The third-order valence-electron chi connectivity index (χ3n) is 2.81. The summed E-state index contributed by atoms with van der Waals surface area (Å²) in [6, 6.07) is 7.17. The molecule has 1 aliphatic carbocycles. The molecule has 0 aliphatic heterocycles. The Morgan fingerprint density at radius 3 is 2.76 bits per heavy atom. The largest absolute Gasteiger partial charge is 0.308 e. The Bertz CT molecular complexity index is 502. The summed E-state index contributed by atoms with van der Waals surface area (Å²) in [6.07, 6.45) is 2.58. The maximum Gasteiger partial charge on any atom is 0.123 e. The molecule has 1 aromatic heterocycles. The van der Waals surface area contributed by atoms with Crippen LogP contribution in [0.1, 0.15) is 17.8 Å². The van der Waals surface area contributed by atoms with Gasteiger partial charge in [0, 0.05) is 23.5 Å². The van der Waals surface area contributed by atoms with E-state index >= 15 is 0 Å². The number of nitrogens with one attached hydrogen (secondary N) is 1. The van der Waals surface area contributed by atoms with Gasteiger partial charge in [-0.25, -0.2) is 9.37 Å². The van der Waals surface area contributed by atoms with Crippen molar-refractivity contribution >= 4 is 11.3 Å². The number of thiazole rings is 1. The van der Waals surface area contributed by atoms with Gasteiger partial charge in [0.15, 0.2) is 0 Å². The minimum absolute atomic E-state index is 0.209. The molecule has 17 heavy (non-hydrogen) atoms. The monoisotopic (exact) mass is 248 g/mol. The van der Waals surface area contributed by atoms with Gasteiger partial charge in [0.25, 0.3) is 0 Å². The van der Waals surface area contributed by atoms with Crippen molar-refractivity contribution in [3.63, 3.8) is 0 Å². The lowest BCUT2D eigenvalue weighted by Crippen LogP contribution is -2.14. The molecular weight excluding hydrogens is 235 g/mol. The molecule has 0 atom stereocenters. The number of rotatable bonds is 4. The molecule has 1 N–H and O–H groups in total. The molecule has 0 spiro atoms. The minimum atomic E-state index is -0.209. The van der Waals surface area contributed by atoms with Crippen molar-refractivity contribution < 1.29 is 4.39 Å². The molecule has 1 heterocycles. The lowest BCUT2D eigenvalue weighted by atomic mass is 10.2. The van der Waals surface area contributed by atoms with Gasteiger partial charge in [-0.3, -0.25) is 0 Å². The molecule has 1 aliphatic rings. The summed E-state index contributed by atoms with van der Waals surface area (Å²) >= 11 is 1.65. The highest BCUT2D eigenvalue weighted by Crippen LogP contribution is 2.23. The van der Waals surface area contributed by atoms with Crippen molar-refractivity contribution in [3.8, 4) is 11.3 Å². The normalized spacial score (nSPS) is 15.1. The lowest BCUT2D eigenvalue weighted by molar-refractivity contribution is 0.628. The van der Waals surface area contributed by atoms with Crippen LogP contribution in [0.4, 0.5) is 4.39 Å². The van der Waals surface area contributed by atoms with Gasteiger partial charge < -0.3 is 5.32 Å². The lowest BCUT2D eigenvalue weighted by Gasteiger charge is -1.98. The maximum absolute atomic E-state index is 12.8. The van der Waals surface area contributed by atoms with E-state index in [4.69, 9.17) is 0 Å². The Hall–Kier alpha value is -1.26. The van der Waals surface area contributed by atoms with Gasteiger partial charge in [0.1, 0.15) is 10.8 Å². The zero-order valence-electron chi connectivity index (χ0n) is 9.32. The van der Waals surface area contributed by atoms with Gasteiger partial charge in [0.05, 0.1) is 5.69 Å². The summed E-state index contributed by atoms with van der Waals surface area (Å²) in [6.45, 7) is 0.844. The van der Waals surface area contributed by atoms with Crippen LogP contribution in [0.15, 0.2) is 29.6 Å². The summed E-state index contributed by atoms with van der Waals surface area (Å²) in [4.78, 5) is 4.54. The Morgan fingerprint density at radius 2 is 2.06 bits per heavy atom. The third kappa shape index (κ3) is 2.70. The standard InChI is InChI=1S/C13H13FN2S/c14-10-3-1-9(2-4-10)12-8-17-13(16-12)7-15-11-5-6-11/h1-4,8,11,15H,5-7H2. The number of benzene rings is 1. The molecule has 0 saturated heterocycles. The first-order valence-corrected chi connectivity index (χ1v) is 6.63. The van der Waals surface area contributed by atoms with E-state index in [0.29, 0.717) is 6.04 Å². The molecular formula is C13H13FN2S. The van der Waals surface area contributed by atoms with Gasteiger partial charge in [-0.05, 0) is 37.1 Å². The predicted octanol–water partition coefficient (Wildman–Crippen LogP) is 3.20. The number of hydrogen-bond donors (Lipinski definition) is 1. The second kappa shape index (κ2) is 4.55. The summed E-state index contributed by atoms with van der Waals surface area (Å²) in [5.41, 5.74) is 1.91. The Morgan fingerprint density at radius 1 is 1.29 bits per heavy atom. The van der Waals surface area contributed by atoms with Crippen LogP contribution in [0.2, 0.25) is 0 Å². The maximum atomic E-state index is 12.8. The first kappa shape index (κ1) is 10.9. The summed E-state index contributed by atoms with van der Waals surface area (Å²) < 4.78 is 12.8. The van der Waals surface area contributed by atoms with Gasteiger partial charge in [-0.15, -0.1) is 11.3 Å². The fourth-order valence-electron chi connectivity index (χ4n) is 1.66. The number of halogens is 1. The SMILES string of the molecule is Fc1ccc(-c2csc(CNC3CC3)n2)cc1. The zero-order valence-corrected chi connectivity index (χ0v) is 10.1. The van der Waals surface area contributed by atoms with Crippen LogP contribution in [0.3, 0.4) is 0 Å². The molecule has 1 saturated carbocycles. The van der Waals surface area contributed by atoms with Crippen LogP contribution in [0.25, 0.3) is 11.3 Å². The quantitative estimate of drug-likeness (QED) is 0.898. The number of aromatic nitrogens is 1. The number of nitrogens with zero attached hydrogens (tertiary/aromatic N) is 1. The molecule has 1 aromatic carbocycles. The van der Waals surface area contributed by atoms with Crippen LogP contribution in [0.5, 0.6) is 0 Å². The van der Waals surface area contributed by atoms with E-state index < -0.39 is 0 Å². The second-order valence-electron chi connectivity index (χ2n) is 4.29. The molecule has 0 amide bonds. The Labute approximate surface area is 104 Å². The first-order valence-electron chi connectivity index (χ1n) is 5.75. The van der Waals surface area contributed by atoms with Crippen molar-refractivity contribution in [1.29, 1.82) is 0 Å². The van der Waals surface area contributed by atoms with E-state index in [9.17, 15) is 4.39 Å². The minimum Gasteiger partial charge on any atom is -0.308 e. The highest BCUT2D eigenvalue weighted by Gasteiger charge is 2.20. The second-order valence-corrected chi connectivity index (χ2v) is 5.23. The fraction of sp³-hybridized carbons (Fsp3) is 0.308. The molecule has 0 radical (unpaired) electrons. The highest BCUT2D eigenvalue weighted by molar-refractivity contribution is 7.09. The molecule has 2 nitrogen and oxygen atoms in total. The zero-order chi connectivity index (χ0) is 11.7. The van der Waals surface area contributed by atoms with Gasteiger partial charge in [-0.2, -0.15) is 0 Å². The van der Waals surface area contributed by atoms with Gasteiger partial charge >= 0.3 is 0 Å². The predicted molar refractivity (Wildman–Crippen MR) is 67.4 cm³/mol. The Balaban J connectivity index is 1.72. The van der Waals surface area contributed by atoms with E-state index in [-0.39, 0.29) is 5.82 Å². The molecule has 0 bridgehead atoms. The van der Waals surface area contributed by atoms with Crippen molar-refractivity contribution in [2.45, 2.75) is 25.4 Å². The third-order valence-corrected chi connectivity index (χ3v) is 3.66. The van der Waals surface area contributed by atoms with Crippen molar-refractivity contribution in [2.75, 3.05) is 0 Å². The summed E-state index contributed by atoms with van der Waals surface area (Å²) in [5, 5.41) is 6.55. The van der Waals surface area contributed by atoms with Crippen LogP contribution >= 0.6 is 11.3 Å². The molecule has 0 unspecified atom stereocenters. The fourth-order valence-corrected chi connectivity index (χ4v) is 2.42. The van der Waals surface area contributed by atoms with Gasteiger partial charge in [0.2, 0.25) is 0 Å². The van der Waals surface area contributed by atoms with Crippen molar-refractivity contribution in [2.24, 2.45) is 0 Å². The molecule has 4 heteroatoms. The Kier molecular flexibility index (Phi) is 2.91.